The molecule has 6 nitrogen and oxygen atoms in total. The van der Waals surface area contributed by atoms with Gasteiger partial charge in [-0.25, -0.2) is 9.59 Å². The third kappa shape index (κ3) is 7.32. The van der Waals surface area contributed by atoms with Crippen LogP contribution in [0.2, 0.25) is 0 Å². The van der Waals surface area contributed by atoms with Gasteiger partial charge in [-0.1, -0.05) is 36.4 Å². The number of ether oxygens (including phenoxy) is 1. The number of benzene rings is 2. The third-order valence-corrected chi connectivity index (χ3v) is 5.41. The van der Waals surface area contributed by atoms with E-state index in [0.29, 0.717) is 23.4 Å². The van der Waals surface area contributed by atoms with Crippen LogP contribution in [0.5, 0.6) is 5.75 Å². The van der Waals surface area contributed by atoms with Crippen molar-refractivity contribution in [1.82, 2.24) is 4.90 Å². The molecule has 0 radical (unpaired) electrons. The fourth-order valence-corrected chi connectivity index (χ4v) is 3.92. The molecule has 0 heterocycles. The molecule has 2 aromatic carbocycles. The van der Waals surface area contributed by atoms with Gasteiger partial charge < -0.3 is 14.9 Å². The van der Waals surface area contributed by atoms with Gasteiger partial charge in [0, 0.05) is 35.7 Å². The summed E-state index contributed by atoms with van der Waals surface area (Å²) in [5.41, 5.74) is 2.58. The van der Waals surface area contributed by atoms with E-state index in [9.17, 15) is 14.7 Å². The van der Waals surface area contributed by atoms with Gasteiger partial charge in [-0.2, -0.15) is 0 Å². The number of aliphatic hydroxyl groups is 1. The van der Waals surface area contributed by atoms with Crippen LogP contribution < -0.4 is 4.74 Å². The molecule has 2 aromatic rings. The lowest BCUT2D eigenvalue weighted by molar-refractivity contribution is -0.133. The number of nitrogens with zero attached hydrogens (tertiary/aromatic N) is 1. The van der Waals surface area contributed by atoms with Crippen LogP contribution in [0.15, 0.2) is 60.7 Å². The minimum atomic E-state index is -1.22. The van der Waals surface area contributed by atoms with Crippen molar-refractivity contribution in [2.45, 2.75) is 58.7 Å². The van der Waals surface area contributed by atoms with E-state index >= 15 is 0 Å². The van der Waals surface area contributed by atoms with Crippen molar-refractivity contribution >= 4 is 11.9 Å². The predicted octanol–water partition coefficient (Wildman–Crippen LogP) is 4.37. The molecule has 0 aliphatic heterocycles. The number of hydrogen-bond acceptors (Lipinski definition) is 5. The van der Waals surface area contributed by atoms with Gasteiger partial charge in [0.15, 0.2) is 0 Å². The Labute approximate surface area is 190 Å². The molecule has 1 unspecified atom stereocenters. The molecule has 0 saturated heterocycles. The fourth-order valence-electron chi connectivity index (χ4n) is 3.92. The van der Waals surface area contributed by atoms with Crippen LogP contribution in [0, 0.1) is 0 Å². The Bertz CT molecular complexity index is 913. The molecule has 0 bridgehead atoms. The second-order valence-electron chi connectivity index (χ2n) is 8.30. The molecule has 1 atom stereocenters. The Kier molecular flexibility index (Phi) is 9.62. The lowest BCUT2D eigenvalue weighted by Gasteiger charge is -2.32. The monoisotopic (exact) mass is 439 g/mol. The third-order valence-electron chi connectivity index (χ3n) is 5.41. The number of carbonyl (C=O) groups excluding carboxylic acids is 1. The van der Waals surface area contributed by atoms with Crippen LogP contribution >= 0.6 is 0 Å². The Balaban J connectivity index is 2.46. The van der Waals surface area contributed by atoms with Crippen LogP contribution in [0.25, 0.3) is 0 Å². The first-order chi connectivity index (χ1) is 15.2. The Morgan fingerprint density at radius 1 is 1.00 bits per heavy atom. The second kappa shape index (κ2) is 12.2. The van der Waals surface area contributed by atoms with Crippen LogP contribution in [0.4, 0.5) is 0 Å². The van der Waals surface area contributed by atoms with Crippen LogP contribution in [-0.2, 0) is 16.2 Å². The molecule has 0 saturated carbocycles. The number of esters is 1. The molecule has 0 aliphatic carbocycles. The highest BCUT2D eigenvalue weighted by Crippen LogP contribution is 2.36. The van der Waals surface area contributed by atoms with E-state index < -0.39 is 11.9 Å². The molecule has 0 spiro atoms. The Hall–Kier alpha value is -2.96. The maximum atomic E-state index is 12.2. The quantitative estimate of drug-likeness (QED) is 0.307. The number of aliphatic hydroxyl groups excluding tert-OH is 1. The molecule has 0 aromatic heterocycles. The number of carbonyl (C=O) groups is 2. The van der Waals surface area contributed by atoms with Gasteiger partial charge in [0.2, 0.25) is 0 Å². The predicted molar refractivity (Wildman–Crippen MR) is 125 cm³/mol. The number of carboxylic acids is 1. The average Bonchev–Trinajstić information content (AvgIpc) is 2.76. The summed E-state index contributed by atoms with van der Waals surface area (Å²) in [5.74, 6) is -1.70. The van der Waals surface area contributed by atoms with Gasteiger partial charge in [0.25, 0.3) is 0 Å². The molecule has 0 aliphatic rings. The topological polar surface area (TPSA) is 87.1 Å². The molecule has 2 N–H and O–H groups in total. The Morgan fingerprint density at radius 2 is 1.66 bits per heavy atom. The van der Waals surface area contributed by atoms with E-state index in [1.54, 1.807) is 12.1 Å². The summed E-state index contributed by atoms with van der Waals surface area (Å²) in [7, 11) is 0. The maximum Gasteiger partial charge on any atom is 0.336 e. The van der Waals surface area contributed by atoms with E-state index in [1.165, 1.54) is 0 Å². The number of hydrogen-bond donors (Lipinski definition) is 2. The van der Waals surface area contributed by atoms with Crippen molar-refractivity contribution < 1.29 is 24.5 Å². The van der Waals surface area contributed by atoms with Crippen molar-refractivity contribution in [3.8, 4) is 5.75 Å². The van der Waals surface area contributed by atoms with Crippen molar-refractivity contribution in [3.63, 3.8) is 0 Å². The molecular formula is C26H33NO5. The van der Waals surface area contributed by atoms with Crippen molar-refractivity contribution in [2.75, 3.05) is 6.54 Å². The van der Waals surface area contributed by atoms with E-state index in [1.807, 2.05) is 36.4 Å². The summed E-state index contributed by atoms with van der Waals surface area (Å²) >= 11 is 0. The highest BCUT2D eigenvalue weighted by molar-refractivity contribution is 5.91. The molecule has 6 heteroatoms. The first-order valence-electron chi connectivity index (χ1n) is 10.9. The standard InChI is InChI=1S/C26H33NO5/c1-18(2)27(19(3)4)15-14-22(21-8-6-5-7-9-21)23-16-20(17-28)10-11-24(23)32-26(31)13-12-25(29)30/h5-13,16,18-19,22,28H,14-15,17H2,1-4H3,(H,29,30)/b13-12+. The van der Waals surface area contributed by atoms with Crippen LogP contribution in [0.3, 0.4) is 0 Å². The van der Waals surface area contributed by atoms with Gasteiger partial charge in [-0.3, -0.25) is 4.90 Å². The zero-order valence-corrected chi connectivity index (χ0v) is 19.2. The summed E-state index contributed by atoms with van der Waals surface area (Å²) in [6.07, 6.45) is 2.43. The van der Waals surface area contributed by atoms with E-state index in [2.05, 4.69) is 32.6 Å². The van der Waals surface area contributed by atoms with Crippen molar-refractivity contribution in [2.24, 2.45) is 0 Å². The van der Waals surface area contributed by atoms with E-state index in [0.717, 1.165) is 36.2 Å². The summed E-state index contributed by atoms with van der Waals surface area (Å²) in [6.45, 7) is 9.39. The first-order valence-corrected chi connectivity index (χ1v) is 10.9. The zero-order valence-electron chi connectivity index (χ0n) is 19.2. The highest BCUT2D eigenvalue weighted by atomic mass is 16.5. The average molecular weight is 440 g/mol. The van der Waals surface area contributed by atoms with Crippen molar-refractivity contribution in [3.05, 3.63) is 77.4 Å². The first kappa shape index (κ1) is 25.3. The lowest BCUT2D eigenvalue weighted by Crippen LogP contribution is -2.38. The maximum absolute atomic E-state index is 12.2. The minimum Gasteiger partial charge on any atom is -0.478 e. The summed E-state index contributed by atoms with van der Waals surface area (Å²) in [4.78, 5) is 25.3. The fraction of sp³-hybridized carbons (Fsp3) is 0.385. The number of rotatable bonds is 11. The smallest absolute Gasteiger partial charge is 0.336 e. The van der Waals surface area contributed by atoms with Gasteiger partial charge >= 0.3 is 11.9 Å². The molecular weight excluding hydrogens is 406 g/mol. The number of aliphatic carboxylic acids is 1. The molecule has 0 fully saturated rings. The van der Waals surface area contributed by atoms with Gasteiger partial charge in [-0.15, -0.1) is 0 Å². The van der Waals surface area contributed by atoms with Gasteiger partial charge in [0.05, 0.1) is 6.61 Å². The van der Waals surface area contributed by atoms with E-state index in [4.69, 9.17) is 9.84 Å². The van der Waals surface area contributed by atoms with Crippen LogP contribution in [0.1, 0.15) is 56.7 Å². The number of carboxylic acid groups (broad SMARTS) is 1. The largest absolute Gasteiger partial charge is 0.478 e. The lowest BCUT2D eigenvalue weighted by atomic mass is 9.86. The zero-order chi connectivity index (χ0) is 23.7. The molecule has 0 amide bonds. The molecule has 2 rings (SSSR count). The molecule has 172 valence electrons. The Morgan fingerprint density at radius 3 is 2.22 bits per heavy atom. The highest BCUT2D eigenvalue weighted by Gasteiger charge is 2.23. The summed E-state index contributed by atoms with van der Waals surface area (Å²) < 4.78 is 5.52. The normalized spacial score (nSPS) is 12.6. The summed E-state index contributed by atoms with van der Waals surface area (Å²) in [5, 5.41) is 18.5. The second-order valence-corrected chi connectivity index (χ2v) is 8.30. The SMILES string of the molecule is CC(C)N(CCC(c1ccccc1)c1cc(CO)ccc1OC(=O)/C=C/C(=O)O)C(C)C. The molecule has 32 heavy (non-hydrogen) atoms. The van der Waals surface area contributed by atoms with Gasteiger partial charge in [0.1, 0.15) is 5.75 Å². The van der Waals surface area contributed by atoms with Crippen molar-refractivity contribution in [1.29, 1.82) is 0 Å². The van der Waals surface area contributed by atoms with Crippen LogP contribution in [-0.4, -0.2) is 45.7 Å². The minimum absolute atomic E-state index is 0.0750. The van der Waals surface area contributed by atoms with Gasteiger partial charge in [-0.05, 0) is 63.9 Å². The van der Waals surface area contributed by atoms with E-state index in [-0.39, 0.29) is 12.5 Å². The summed E-state index contributed by atoms with van der Waals surface area (Å²) in [6, 6.07) is 16.0.